The molecule has 0 atom stereocenters. The molecule has 0 aliphatic rings. The van der Waals surface area contributed by atoms with Crippen molar-refractivity contribution in [1.29, 1.82) is 0 Å². The van der Waals surface area contributed by atoms with Crippen LogP contribution in [0, 0.1) is 5.92 Å². The van der Waals surface area contributed by atoms with Crippen molar-refractivity contribution in [2.24, 2.45) is 15.9 Å². The Labute approximate surface area is 95.7 Å². The van der Waals surface area contributed by atoms with Crippen molar-refractivity contribution in [3.05, 3.63) is 11.2 Å². The van der Waals surface area contributed by atoms with Crippen LogP contribution in [0.5, 0.6) is 0 Å². The molecule has 0 rings (SSSR count). The van der Waals surface area contributed by atoms with Crippen LogP contribution in [-0.4, -0.2) is 18.4 Å². The van der Waals surface area contributed by atoms with E-state index in [9.17, 15) is 0 Å². The zero-order valence-corrected chi connectivity index (χ0v) is 10.3. The van der Waals surface area contributed by atoms with Crippen LogP contribution in [0.25, 0.3) is 0 Å². The SMILES string of the molecule is CN=C(Cl)C=C(Cl)N=CCCC(C)C. The van der Waals surface area contributed by atoms with E-state index >= 15 is 0 Å². The van der Waals surface area contributed by atoms with Crippen LogP contribution in [0.15, 0.2) is 21.2 Å². The fourth-order valence-electron chi connectivity index (χ4n) is 0.760. The maximum Gasteiger partial charge on any atom is 0.131 e. The second-order valence-corrected chi connectivity index (χ2v) is 4.07. The first-order valence-electron chi connectivity index (χ1n) is 4.58. The van der Waals surface area contributed by atoms with Gasteiger partial charge in [-0.3, -0.25) is 4.99 Å². The highest BCUT2D eigenvalue weighted by atomic mass is 35.5. The zero-order valence-electron chi connectivity index (χ0n) is 8.80. The van der Waals surface area contributed by atoms with Crippen LogP contribution in [0.2, 0.25) is 0 Å². The summed E-state index contributed by atoms with van der Waals surface area (Å²) < 4.78 is 0. The molecular weight excluding hydrogens is 219 g/mol. The lowest BCUT2D eigenvalue weighted by atomic mass is 10.1. The minimum atomic E-state index is 0.357. The number of hydrogen-bond acceptors (Lipinski definition) is 2. The van der Waals surface area contributed by atoms with E-state index in [1.165, 1.54) is 6.08 Å². The summed E-state index contributed by atoms with van der Waals surface area (Å²) in [6.07, 6.45) is 5.37. The molecule has 0 aliphatic carbocycles. The number of nitrogens with zero attached hydrogens (tertiary/aromatic N) is 2. The van der Waals surface area contributed by atoms with Gasteiger partial charge in [-0.1, -0.05) is 37.0 Å². The first-order valence-corrected chi connectivity index (χ1v) is 5.34. The number of aliphatic imine (C=N–C) groups is 2. The smallest absolute Gasteiger partial charge is 0.131 e. The van der Waals surface area contributed by atoms with Gasteiger partial charge in [-0.25, -0.2) is 4.99 Å². The van der Waals surface area contributed by atoms with E-state index in [0.717, 1.165) is 12.8 Å². The van der Waals surface area contributed by atoms with Crippen LogP contribution in [-0.2, 0) is 0 Å². The topological polar surface area (TPSA) is 24.7 Å². The number of hydrogen-bond donors (Lipinski definition) is 0. The Balaban J connectivity index is 3.93. The predicted octanol–water partition coefficient (Wildman–Crippen LogP) is 3.84. The Morgan fingerprint density at radius 3 is 2.50 bits per heavy atom. The average Bonchev–Trinajstić information content (AvgIpc) is 2.12. The van der Waals surface area contributed by atoms with E-state index in [0.29, 0.717) is 16.2 Å². The molecule has 0 spiro atoms. The summed E-state index contributed by atoms with van der Waals surface area (Å²) in [7, 11) is 1.60. The summed E-state index contributed by atoms with van der Waals surface area (Å²) in [4.78, 5) is 7.75. The molecule has 0 N–H and O–H groups in total. The lowest BCUT2D eigenvalue weighted by Gasteiger charge is -1.98. The summed E-state index contributed by atoms with van der Waals surface area (Å²) in [6, 6.07) is 0. The molecule has 2 nitrogen and oxygen atoms in total. The van der Waals surface area contributed by atoms with Gasteiger partial charge in [0.15, 0.2) is 0 Å². The summed E-state index contributed by atoms with van der Waals surface area (Å²) in [6.45, 7) is 4.35. The lowest BCUT2D eigenvalue weighted by Crippen LogP contribution is -1.87. The molecule has 0 aromatic heterocycles. The highest BCUT2D eigenvalue weighted by Crippen LogP contribution is 2.06. The molecule has 0 bridgehead atoms. The standard InChI is InChI=1S/C10H16Cl2N2/c1-8(2)5-4-6-14-10(12)7-9(11)13-3/h6-8H,4-5H2,1-3H3. The molecule has 4 heteroatoms. The van der Waals surface area contributed by atoms with Gasteiger partial charge in [-0.05, 0) is 18.8 Å². The van der Waals surface area contributed by atoms with E-state index in [4.69, 9.17) is 23.2 Å². The third-order valence-corrected chi connectivity index (χ3v) is 2.02. The largest absolute Gasteiger partial charge is 0.276 e. The van der Waals surface area contributed by atoms with E-state index < -0.39 is 0 Å². The van der Waals surface area contributed by atoms with Crippen molar-refractivity contribution >= 4 is 34.6 Å². The van der Waals surface area contributed by atoms with Gasteiger partial charge in [0.1, 0.15) is 10.3 Å². The molecule has 0 saturated carbocycles. The predicted molar refractivity (Wildman–Crippen MR) is 65.7 cm³/mol. The number of halogens is 2. The average molecular weight is 235 g/mol. The third kappa shape index (κ3) is 8.27. The van der Waals surface area contributed by atoms with Crippen LogP contribution < -0.4 is 0 Å². The highest BCUT2D eigenvalue weighted by molar-refractivity contribution is 6.68. The highest BCUT2D eigenvalue weighted by Gasteiger charge is 1.92. The van der Waals surface area contributed by atoms with Gasteiger partial charge < -0.3 is 0 Å². The van der Waals surface area contributed by atoms with Gasteiger partial charge in [0.05, 0.1) is 0 Å². The molecule has 0 fully saturated rings. The van der Waals surface area contributed by atoms with Gasteiger partial charge in [0.25, 0.3) is 0 Å². The van der Waals surface area contributed by atoms with E-state index in [1.807, 2.05) is 0 Å². The molecule has 0 heterocycles. The maximum atomic E-state index is 5.77. The van der Waals surface area contributed by atoms with Crippen molar-refractivity contribution in [2.45, 2.75) is 26.7 Å². The van der Waals surface area contributed by atoms with Gasteiger partial charge in [0, 0.05) is 19.3 Å². The van der Waals surface area contributed by atoms with Crippen molar-refractivity contribution < 1.29 is 0 Å². The fraction of sp³-hybridized carbons (Fsp3) is 0.600. The Bertz CT molecular complexity index is 243. The Morgan fingerprint density at radius 2 is 2.00 bits per heavy atom. The maximum absolute atomic E-state index is 5.77. The summed E-state index contributed by atoms with van der Waals surface area (Å²) in [5, 5.41) is 0.723. The second kappa shape index (κ2) is 8.01. The van der Waals surface area contributed by atoms with Crippen molar-refractivity contribution in [2.75, 3.05) is 7.05 Å². The summed E-state index contributed by atoms with van der Waals surface area (Å²) >= 11 is 11.4. The van der Waals surface area contributed by atoms with Crippen LogP contribution in [0.4, 0.5) is 0 Å². The third-order valence-electron chi connectivity index (χ3n) is 1.54. The summed E-state index contributed by atoms with van der Waals surface area (Å²) in [5.41, 5.74) is 0. The molecule has 0 saturated heterocycles. The quantitative estimate of drug-likeness (QED) is 0.511. The molecule has 0 amide bonds. The molecule has 0 radical (unpaired) electrons. The minimum Gasteiger partial charge on any atom is -0.276 e. The molecule has 14 heavy (non-hydrogen) atoms. The Hall–Kier alpha value is -0.340. The molecule has 0 aliphatic heterocycles. The molecule has 0 unspecified atom stereocenters. The summed E-state index contributed by atoms with van der Waals surface area (Å²) in [5.74, 6) is 0.685. The normalized spacial score (nSPS) is 14.4. The van der Waals surface area contributed by atoms with Crippen LogP contribution >= 0.6 is 23.2 Å². The van der Waals surface area contributed by atoms with E-state index in [2.05, 4.69) is 23.8 Å². The molecule has 0 aromatic carbocycles. The van der Waals surface area contributed by atoms with E-state index in [-0.39, 0.29) is 0 Å². The number of allylic oxidation sites excluding steroid dienone is 1. The molecule has 80 valence electrons. The second-order valence-electron chi connectivity index (χ2n) is 3.30. The van der Waals surface area contributed by atoms with Gasteiger partial charge in [0.2, 0.25) is 0 Å². The Kier molecular flexibility index (Phi) is 7.81. The van der Waals surface area contributed by atoms with Crippen LogP contribution in [0.3, 0.4) is 0 Å². The van der Waals surface area contributed by atoms with Crippen molar-refractivity contribution in [1.82, 2.24) is 0 Å². The monoisotopic (exact) mass is 234 g/mol. The minimum absolute atomic E-state index is 0.357. The van der Waals surface area contributed by atoms with Crippen molar-refractivity contribution in [3.63, 3.8) is 0 Å². The molecular formula is C10H16Cl2N2. The van der Waals surface area contributed by atoms with Gasteiger partial charge >= 0.3 is 0 Å². The number of rotatable bonds is 5. The van der Waals surface area contributed by atoms with E-state index in [1.54, 1.807) is 13.3 Å². The lowest BCUT2D eigenvalue weighted by molar-refractivity contribution is 0.606. The van der Waals surface area contributed by atoms with Gasteiger partial charge in [-0.15, -0.1) is 0 Å². The van der Waals surface area contributed by atoms with Crippen molar-refractivity contribution in [3.8, 4) is 0 Å². The first kappa shape index (κ1) is 13.7. The molecule has 0 aromatic rings. The zero-order chi connectivity index (χ0) is 11.0. The van der Waals surface area contributed by atoms with Gasteiger partial charge in [-0.2, -0.15) is 0 Å². The first-order chi connectivity index (χ1) is 6.56. The fourth-order valence-corrected chi connectivity index (χ4v) is 1.09. The Morgan fingerprint density at radius 1 is 1.36 bits per heavy atom. The van der Waals surface area contributed by atoms with Crippen LogP contribution in [0.1, 0.15) is 26.7 Å².